The topological polar surface area (TPSA) is 113 Å². The van der Waals surface area contributed by atoms with Crippen molar-refractivity contribution >= 4 is 52.6 Å². The van der Waals surface area contributed by atoms with Gasteiger partial charge < -0.3 is 19.3 Å². The van der Waals surface area contributed by atoms with Gasteiger partial charge in [-0.2, -0.15) is 0 Å². The molecule has 13 heteroatoms. The molecule has 3 saturated heterocycles. The minimum atomic E-state index is -1.16. The Morgan fingerprint density at radius 1 is 0.960 bits per heavy atom. The number of carboxylic acids is 1. The van der Waals surface area contributed by atoms with Crippen molar-refractivity contribution in [2.75, 3.05) is 38.8 Å². The van der Waals surface area contributed by atoms with Crippen LogP contribution in [0.3, 0.4) is 0 Å². The first-order chi connectivity index (χ1) is 24.1. The maximum atomic E-state index is 14.2. The van der Waals surface area contributed by atoms with Crippen molar-refractivity contribution in [1.82, 2.24) is 4.90 Å². The second-order valence-electron chi connectivity index (χ2n) is 12.5. The molecule has 4 aromatic rings. The molecule has 1 amide bonds. The summed E-state index contributed by atoms with van der Waals surface area (Å²) in [5.74, 6) is -0.634. The average Bonchev–Trinajstić information content (AvgIpc) is 3.10. The van der Waals surface area contributed by atoms with Gasteiger partial charge in [0.25, 0.3) is 0 Å². The van der Waals surface area contributed by atoms with Gasteiger partial charge in [-0.15, -0.1) is 0 Å². The largest absolute Gasteiger partial charge is 0.493 e. The Labute approximate surface area is 305 Å². The number of aromatic carboxylic acids is 1. The van der Waals surface area contributed by atoms with E-state index in [9.17, 15) is 19.9 Å². The van der Waals surface area contributed by atoms with Gasteiger partial charge >= 0.3 is 12.1 Å². The number of pyridine rings is 1. The fourth-order valence-corrected chi connectivity index (χ4v) is 7.85. The first-order valence-electron chi connectivity index (χ1n) is 16.2. The molecule has 0 spiro atoms. The van der Waals surface area contributed by atoms with Gasteiger partial charge in [-0.3, -0.25) is 15.0 Å². The predicted octanol–water partition coefficient (Wildman–Crippen LogP) is 7.50. The average molecular weight is 742 g/mol. The molecule has 0 saturated carbocycles. The maximum absolute atomic E-state index is 14.2. The number of carbonyl (C=O) groups is 2. The first-order valence-corrected chi connectivity index (χ1v) is 17.3. The monoisotopic (exact) mass is 740 g/mol. The number of rotatable bonds is 11. The number of amides is 1. The number of hydrogen-bond acceptors (Lipinski definition) is 7. The molecule has 50 heavy (non-hydrogen) atoms. The van der Waals surface area contributed by atoms with Gasteiger partial charge in [-0.05, 0) is 91.4 Å². The Morgan fingerprint density at radius 2 is 1.66 bits per heavy atom. The summed E-state index contributed by atoms with van der Waals surface area (Å²) >= 11 is 19.7. The van der Waals surface area contributed by atoms with Crippen molar-refractivity contribution in [2.45, 2.75) is 37.8 Å². The Bertz CT molecular complexity index is 1880. The number of carbonyl (C=O) groups excluding carboxylic acids is 1. The number of fused-ring (bicyclic) bond motifs is 3. The standard InChI is InChI=1S/C37H36Cl3N3O7/c1-48-32-10-9-23(15-33(32)49-2)28(17-29-30(39)19-42(47)20-31(29)40)35-24(5-3-8-27(35)36(44)45)18-43(26-7-4-6-25(38)16-26)37(46)50-34-21-41-13-11-22(34)12-14-41/h3-10,15-16,19-20,22,28,34H,11-14,17-18,21H2,1-2H3,(H-,44,45,47)/p+1/t28-,34-/m0/s1. The van der Waals surface area contributed by atoms with E-state index in [1.54, 1.807) is 48.5 Å². The summed E-state index contributed by atoms with van der Waals surface area (Å²) in [4.78, 5) is 31.0. The maximum Gasteiger partial charge on any atom is 0.414 e. The van der Waals surface area contributed by atoms with Crippen LogP contribution in [0.4, 0.5) is 10.5 Å². The minimum absolute atomic E-state index is 0.0273. The van der Waals surface area contributed by atoms with Gasteiger partial charge in [0, 0.05) is 33.5 Å². The van der Waals surface area contributed by atoms with Crippen molar-refractivity contribution in [3.63, 3.8) is 0 Å². The third kappa shape index (κ3) is 7.58. The van der Waals surface area contributed by atoms with E-state index in [1.165, 1.54) is 37.6 Å². The van der Waals surface area contributed by atoms with Gasteiger partial charge in [-0.25, -0.2) is 9.59 Å². The highest BCUT2D eigenvalue weighted by Gasteiger charge is 2.38. The molecule has 2 bridgehead atoms. The molecule has 1 aromatic heterocycles. The van der Waals surface area contributed by atoms with Crippen LogP contribution >= 0.6 is 34.8 Å². The number of hydrogen-bond donors (Lipinski definition) is 2. The van der Waals surface area contributed by atoms with Crippen LogP contribution in [0.2, 0.25) is 15.1 Å². The van der Waals surface area contributed by atoms with Gasteiger partial charge in [0.1, 0.15) is 16.1 Å². The molecular weight excluding hydrogens is 705 g/mol. The first kappa shape index (κ1) is 35.6. The quantitative estimate of drug-likeness (QED) is 0.120. The van der Waals surface area contributed by atoms with Crippen LogP contribution in [0.1, 0.15) is 51.4 Å². The molecule has 262 valence electrons. The number of methoxy groups -OCH3 is 2. The molecule has 7 rings (SSSR count). The Morgan fingerprint density at radius 3 is 2.28 bits per heavy atom. The predicted molar refractivity (Wildman–Crippen MR) is 189 cm³/mol. The van der Waals surface area contributed by atoms with E-state index in [2.05, 4.69) is 4.90 Å². The number of nitrogens with zero attached hydrogens (tertiary/aromatic N) is 3. The molecule has 2 atom stereocenters. The fourth-order valence-electron chi connectivity index (χ4n) is 7.06. The molecule has 10 nitrogen and oxygen atoms in total. The zero-order chi connectivity index (χ0) is 35.5. The van der Waals surface area contributed by atoms with Crippen LogP contribution in [0.25, 0.3) is 0 Å². The smallest absolute Gasteiger partial charge is 0.414 e. The molecule has 3 fully saturated rings. The van der Waals surface area contributed by atoms with Crippen LogP contribution in [-0.2, 0) is 17.7 Å². The highest BCUT2D eigenvalue weighted by Crippen LogP contribution is 2.41. The Hall–Kier alpha value is -4.22. The number of carboxylic acid groups (broad SMARTS) is 1. The Kier molecular flexibility index (Phi) is 10.9. The summed E-state index contributed by atoms with van der Waals surface area (Å²) in [6.45, 7) is 2.63. The molecule has 3 aromatic carbocycles. The van der Waals surface area contributed by atoms with Gasteiger partial charge in [0.05, 0.1) is 26.3 Å². The van der Waals surface area contributed by atoms with E-state index in [0.717, 1.165) is 30.7 Å². The lowest BCUT2D eigenvalue weighted by molar-refractivity contribution is -0.904. The fraction of sp³-hybridized carbons (Fsp3) is 0.324. The van der Waals surface area contributed by atoms with Crippen molar-refractivity contribution in [2.24, 2.45) is 5.92 Å². The second-order valence-corrected chi connectivity index (χ2v) is 13.7. The van der Waals surface area contributed by atoms with Gasteiger partial charge in [0.15, 0.2) is 11.5 Å². The van der Waals surface area contributed by atoms with Gasteiger partial charge in [-0.1, -0.05) is 59.1 Å². The third-order valence-electron chi connectivity index (χ3n) is 9.58. The Balaban J connectivity index is 1.49. The molecule has 0 aliphatic carbocycles. The summed E-state index contributed by atoms with van der Waals surface area (Å²) in [5, 5.41) is 21.5. The van der Waals surface area contributed by atoms with Crippen LogP contribution in [0.5, 0.6) is 11.5 Å². The molecule has 0 radical (unpaired) electrons. The van der Waals surface area contributed by atoms with E-state index in [4.69, 9.17) is 49.0 Å². The normalized spacial score (nSPS) is 18.7. The van der Waals surface area contributed by atoms with Crippen LogP contribution in [-0.4, -0.2) is 67.2 Å². The molecule has 2 N–H and O–H groups in total. The molecular formula is C37H37Cl3N3O7+. The molecule has 3 aliphatic heterocycles. The molecule has 4 heterocycles. The van der Waals surface area contributed by atoms with Crippen molar-refractivity contribution in [1.29, 1.82) is 0 Å². The summed E-state index contributed by atoms with van der Waals surface area (Å²) in [6.07, 6.45) is 3.87. The molecule has 3 aliphatic rings. The summed E-state index contributed by atoms with van der Waals surface area (Å²) < 4.78 is 18.1. The number of ether oxygens (including phenoxy) is 3. The van der Waals surface area contributed by atoms with Crippen molar-refractivity contribution in [3.8, 4) is 11.5 Å². The van der Waals surface area contributed by atoms with E-state index in [0.29, 0.717) is 51.0 Å². The highest BCUT2D eigenvalue weighted by atomic mass is 35.5. The lowest BCUT2D eigenvalue weighted by Crippen LogP contribution is -2.53. The van der Waals surface area contributed by atoms with Crippen LogP contribution < -0.4 is 19.1 Å². The summed E-state index contributed by atoms with van der Waals surface area (Å²) in [5.41, 5.74) is 2.67. The lowest BCUT2D eigenvalue weighted by atomic mass is 9.80. The van der Waals surface area contributed by atoms with Crippen LogP contribution in [0.15, 0.2) is 73.1 Å². The number of benzene rings is 3. The van der Waals surface area contributed by atoms with Crippen LogP contribution in [0, 0.1) is 5.92 Å². The number of halogens is 3. The van der Waals surface area contributed by atoms with E-state index >= 15 is 0 Å². The third-order valence-corrected chi connectivity index (χ3v) is 10.5. The minimum Gasteiger partial charge on any atom is -0.493 e. The SMILES string of the molecule is COc1ccc([C@H](Cc2c(Cl)c[n+](O)cc2Cl)c2c(CN(C(=O)O[C@H]3CN4CCC3CC4)c3cccc(Cl)c3)cccc2C(=O)O)cc1OC. The number of aromatic nitrogens is 1. The number of anilines is 1. The van der Waals surface area contributed by atoms with Crippen molar-refractivity contribution < 1.29 is 38.8 Å². The summed E-state index contributed by atoms with van der Waals surface area (Å²) in [6, 6.07) is 17.2. The lowest BCUT2D eigenvalue weighted by Gasteiger charge is -2.44. The zero-order valence-electron chi connectivity index (χ0n) is 27.5. The van der Waals surface area contributed by atoms with E-state index in [-0.39, 0.29) is 40.6 Å². The van der Waals surface area contributed by atoms with Crippen molar-refractivity contribution in [3.05, 3.63) is 116 Å². The van der Waals surface area contributed by atoms with E-state index in [1.807, 2.05) is 6.07 Å². The second kappa shape index (κ2) is 15.3. The summed E-state index contributed by atoms with van der Waals surface area (Å²) in [7, 11) is 3.04. The van der Waals surface area contributed by atoms with Gasteiger partial charge in [0.2, 0.25) is 12.4 Å². The highest BCUT2D eigenvalue weighted by molar-refractivity contribution is 6.35. The van der Waals surface area contributed by atoms with E-state index < -0.39 is 18.0 Å². The zero-order valence-corrected chi connectivity index (χ0v) is 29.8. The number of piperidine rings is 3. The molecule has 0 unspecified atom stereocenters.